The number of nitrogens with one attached hydrogen (secondary N) is 1. The number of benzene rings is 2. The first-order valence-electron chi connectivity index (χ1n) is 6.19. The lowest BCUT2D eigenvalue weighted by molar-refractivity contribution is 0.236. The van der Waals surface area contributed by atoms with Gasteiger partial charge in [0.15, 0.2) is 0 Å². The summed E-state index contributed by atoms with van der Waals surface area (Å²) in [4.78, 5) is 0. The average molecular weight is 377 g/mol. The summed E-state index contributed by atoms with van der Waals surface area (Å²) >= 11 is 5.68. The molecule has 0 fully saturated rings. The van der Waals surface area contributed by atoms with Crippen LogP contribution in [0.2, 0.25) is 5.02 Å². The van der Waals surface area contributed by atoms with Crippen LogP contribution < -0.4 is 9.46 Å². The number of nitriles is 1. The molecule has 24 heavy (non-hydrogen) atoms. The van der Waals surface area contributed by atoms with Gasteiger partial charge >= 0.3 is 5.76 Å². The van der Waals surface area contributed by atoms with E-state index in [1.807, 2.05) is 0 Å². The maximum absolute atomic E-state index is 13.3. The fourth-order valence-electron chi connectivity index (χ4n) is 1.69. The minimum Gasteiger partial charge on any atom is -0.456 e. The van der Waals surface area contributed by atoms with E-state index in [1.165, 1.54) is 12.1 Å². The van der Waals surface area contributed by atoms with Crippen LogP contribution in [0.15, 0.2) is 36.4 Å². The van der Waals surface area contributed by atoms with Gasteiger partial charge in [-0.05, 0) is 30.3 Å². The Bertz CT molecular complexity index is 894. The lowest BCUT2D eigenvalue weighted by atomic mass is 10.2. The Morgan fingerprint density at radius 2 is 1.92 bits per heavy atom. The minimum atomic E-state index is -4.86. The standard InChI is InChI=1S/C14H8ClF3N2O3S/c15-9-4-10(16)6-12(5-9)23-13-2-1-11(3-8(13)7-19)20-24(21,22)14(17)18/h1-6,14,20H. The van der Waals surface area contributed by atoms with Crippen molar-refractivity contribution in [1.29, 1.82) is 5.26 Å². The van der Waals surface area contributed by atoms with E-state index in [0.717, 1.165) is 24.3 Å². The molecule has 126 valence electrons. The summed E-state index contributed by atoms with van der Waals surface area (Å²) < 4.78 is 67.1. The van der Waals surface area contributed by atoms with Gasteiger partial charge in [0.2, 0.25) is 0 Å². The van der Waals surface area contributed by atoms with E-state index in [2.05, 4.69) is 0 Å². The second kappa shape index (κ2) is 6.98. The summed E-state index contributed by atoms with van der Waals surface area (Å²) in [7, 11) is -4.86. The topological polar surface area (TPSA) is 79.2 Å². The summed E-state index contributed by atoms with van der Waals surface area (Å²) in [5.74, 6) is -4.29. The van der Waals surface area contributed by atoms with E-state index in [9.17, 15) is 21.6 Å². The van der Waals surface area contributed by atoms with Crippen molar-refractivity contribution in [3.63, 3.8) is 0 Å². The second-order valence-electron chi connectivity index (χ2n) is 4.44. The molecule has 0 saturated heterocycles. The molecule has 0 atom stereocenters. The highest BCUT2D eigenvalue weighted by Crippen LogP contribution is 2.30. The zero-order valence-electron chi connectivity index (χ0n) is 11.6. The molecule has 0 bridgehead atoms. The third-order valence-corrected chi connectivity index (χ3v) is 3.87. The maximum Gasteiger partial charge on any atom is 0.355 e. The van der Waals surface area contributed by atoms with Gasteiger partial charge in [-0.15, -0.1) is 0 Å². The van der Waals surface area contributed by atoms with Crippen LogP contribution in [-0.2, 0) is 10.0 Å². The van der Waals surface area contributed by atoms with Crippen molar-refractivity contribution in [2.45, 2.75) is 5.76 Å². The van der Waals surface area contributed by atoms with Gasteiger partial charge in [-0.25, -0.2) is 12.8 Å². The van der Waals surface area contributed by atoms with Gasteiger partial charge < -0.3 is 4.74 Å². The van der Waals surface area contributed by atoms with Crippen molar-refractivity contribution < 1.29 is 26.3 Å². The SMILES string of the molecule is N#Cc1cc(NS(=O)(=O)C(F)F)ccc1Oc1cc(F)cc(Cl)c1. The lowest BCUT2D eigenvalue weighted by Gasteiger charge is -2.11. The van der Waals surface area contributed by atoms with Crippen molar-refractivity contribution in [3.05, 3.63) is 52.8 Å². The molecular weight excluding hydrogens is 369 g/mol. The smallest absolute Gasteiger partial charge is 0.355 e. The third kappa shape index (κ3) is 4.31. The van der Waals surface area contributed by atoms with Crippen molar-refractivity contribution in [1.82, 2.24) is 0 Å². The van der Waals surface area contributed by atoms with Crippen LogP contribution in [0.1, 0.15) is 5.56 Å². The predicted molar refractivity (Wildman–Crippen MR) is 81.2 cm³/mol. The summed E-state index contributed by atoms with van der Waals surface area (Å²) in [6.45, 7) is 0. The summed E-state index contributed by atoms with van der Waals surface area (Å²) in [5.41, 5.74) is -0.388. The molecule has 5 nitrogen and oxygen atoms in total. The van der Waals surface area contributed by atoms with Crippen LogP contribution >= 0.6 is 11.6 Å². The van der Waals surface area contributed by atoms with Gasteiger partial charge in [-0.1, -0.05) is 11.6 Å². The Kier molecular flexibility index (Phi) is 5.21. The Labute approximate surface area is 140 Å². The molecule has 0 amide bonds. The number of ether oxygens (including phenoxy) is 1. The molecule has 2 aromatic rings. The summed E-state index contributed by atoms with van der Waals surface area (Å²) in [6.07, 6.45) is 0. The van der Waals surface area contributed by atoms with Gasteiger partial charge in [0.25, 0.3) is 10.0 Å². The molecule has 0 unspecified atom stereocenters. The molecule has 2 rings (SSSR count). The Hall–Kier alpha value is -2.44. The molecule has 10 heteroatoms. The molecule has 0 spiro atoms. The van der Waals surface area contributed by atoms with Crippen molar-refractivity contribution in [2.75, 3.05) is 4.72 Å². The second-order valence-corrected chi connectivity index (χ2v) is 6.52. The van der Waals surface area contributed by atoms with Crippen molar-refractivity contribution in [3.8, 4) is 17.6 Å². The van der Waals surface area contributed by atoms with Gasteiger partial charge in [-0.2, -0.15) is 14.0 Å². The molecular formula is C14H8ClF3N2O3S. The average Bonchev–Trinajstić information content (AvgIpc) is 2.47. The van der Waals surface area contributed by atoms with Gasteiger partial charge in [0.1, 0.15) is 23.4 Å². The highest BCUT2D eigenvalue weighted by atomic mass is 35.5. The number of halogens is 4. The quantitative estimate of drug-likeness (QED) is 0.851. The number of nitrogens with zero attached hydrogens (tertiary/aromatic N) is 1. The minimum absolute atomic E-state index is 0.0115. The monoisotopic (exact) mass is 376 g/mol. The summed E-state index contributed by atoms with van der Waals surface area (Å²) in [6, 6.07) is 8.43. The van der Waals surface area contributed by atoms with E-state index in [4.69, 9.17) is 21.6 Å². The molecule has 0 aliphatic heterocycles. The maximum atomic E-state index is 13.3. The fourth-order valence-corrected chi connectivity index (χ4v) is 2.45. The van der Waals surface area contributed by atoms with E-state index < -0.39 is 21.6 Å². The van der Waals surface area contributed by atoms with Crippen molar-refractivity contribution in [2.24, 2.45) is 0 Å². The molecule has 0 aliphatic carbocycles. The van der Waals surface area contributed by atoms with Crippen LogP contribution in [0, 0.1) is 17.1 Å². The molecule has 0 aliphatic rings. The van der Waals surface area contributed by atoms with Crippen LogP contribution in [0.25, 0.3) is 0 Å². The van der Waals surface area contributed by atoms with Crippen LogP contribution in [0.3, 0.4) is 0 Å². The lowest BCUT2D eigenvalue weighted by Crippen LogP contribution is -2.20. The van der Waals surface area contributed by atoms with Gasteiger partial charge in [0, 0.05) is 11.1 Å². The first-order valence-corrected chi connectivity index (χ1v) is 8.11. The van der Waals surface area contributed by atoms with Crippen LogP contribution in [-0.4, -0.2) is 14.2 Å². The predicted octanol–water partition coefficient (Wildman–Crippen LogP) is 4.11. The molecule has 0 heterocycles. The first kappa shape index (κ1) is 17.9. The Morgan fingerprint density at radius 1 is 1.21 bits per heavy atom. The van der Waals surface area contributed by atoms with E-state index >= 15 is 0 Å². The Balaban J connectivity index is 2.31. The fraction of sp³-hybridized carbons (Fsp3) is 0.0714. The molecule has 0 aromatic heterocycles. The highest BCUT2D eigenvalue weighted by molar-refractivity contribution is 7.93. The van der Waals surface area contributed by atoms with E-state index in [0.29, 0.717) is 0 Å². The zero-order chi connectivity index (χ0) is 17.9. The number of alkyl halides is 2. The molecule has 2 aromatic carbocycles. The molecule has 0 radical (unpaired) electrons. The van der Waals surface area contributed by atoms with E-state index in [-0.39, 0.29) is 27.8 Å². The van der Waals surface area contributed by atoms with Crippen molar-refractivity contribution >= 4 is 27.3 Å². The number of sulfonamides is 1. The summed E-state index contributed by atoms with van der Waals surface area (Å²) in [5, 5.41) is 9.16. The molecule has 1 N–H and O–H groups in total. The number of hydrogen-bond donors (Lipinski definition) is 1. The third-order valence-electron chi connectivity index (χ3n) is 2.66. The zero-order valence-corrected chi connectivity index (χ0v) is 13.2. The largest absolute Gasteiger partial charge is 0.456 e. The Morgan fingerprint density at radius 3 is 2.50 bits per heavy atom. The normalized spacial score (nSPS) is 11.2. The molecule has 0 saturated carbocycles. The van der Waals surface area contributed by atoms with E-state index in [1.54, 1.807) is 10.8 Å². The van der Waals surface area contributed by atoms with Crippen LogP contribution in [0.5, 0.6) is 11.5 Å². The number of rotatable bonds is 5. The first-order chi connectivity index (χ1) is 11.2. The van der Waals surface area contributed by atoms with Gasteiger partial charge in [-0.3, -0.25) is 4.72 Å². The number of anilines is 1. The van der Waals surface area contributed by atoms with Crippen LogP contribution in [0.4, 0.5) is 18.9 Å². The highest BCUT2D eigenvalue weighted by Gasteiger charge is 2.24. The number of hydrogen-bond acceptors (Lipinski definition) is 4. The van der Waals surface area contributed by atoms with Gasteiger partial charge in [0.05, 0.1) is 11.3 Å².